The van der Waals surface area contributed by atoms with E-state index in [1.54, 1.807) is 6.07 Å². The summed E-state index contributed by atoms with van der Waals surface area (Å²) in [6, 6.07) is 4.52. The molecule has 2 aromatic rings. The van der Waals surface area contributed by atoms with Gasteiger partial charge >= 0.3 is 0 Å². The van der Waals surface area contributed by atoms with E-state index in [9.17, 15) is 14.3 Å². The molecule has 1 atom stereocenters. The van der Waals surface area contributed by atoms with Crippen LogP contribution in [0.15, 0.2) is 18.2 Å². The Balaban J connectivity index is 2.04. The van der Waals surface area contributed by atoms with Crippen molar-refractivity contribution in [2.24, 2.45) is 0 Å². The summed E-state index contributed by atoms with van der Waals surface area (Å²) in [4.78, 5) is 15.1. The maximum Gasteiger partial charge on any atom is 0.224 e. The van der Waals surface area contributed by atoms with Crippen LogP contribution in [0.25, 0.3) is 10.9 Å². The van der Waals surface area contributed by atoms with Crippen LogP contribution in [0, 0.1) is 12.7 Å². The molecule has 0 bridgehead atoms. The highest BCUT2D eigenvalue weighted by Crippen LogP contribution is 2.23. The number of aryl methyl sites for hydroxylation is 1. The maximum atomic E-state index is 13.4. The molecule has 3 N–H and O–H groups in total. The van der Waals surface area contributed by atoms with E-state index in [-0.39, 0.29) is 24.2 Å². The highest BCUT2D eigenvalue weighted by molar-refractivity contribution is 5.90. The standard InChI is InChI=1S/C16H21FN2O2/c1-3-12(20)6-7-18-16(21)9-13-10(2)19-15-5-4-11(17)8-14(13)15/h4-5,8,12,19-20H,3,6-7,9H2,1-2H3,(H,18,21). The Morgan fingerprint density at radius 2 is 2.24 bits per heavy atom. The quantitative estimate of drug-likeness (QED) is 0.765. The molecule has 0 aliphatic rings. The molecule has 1 heterocycles. The minimum absolute atomic E-state index is 0.119. The van der Waals surface area contributed by atoms with Gasteiger partial charge in [-0.15, -0.1) is 0 Å². The van der Waals surface area contributed by atoms with Gasteiger partial charge in [0, 0.05) is 23.1 Å². The van der Waals surface area contributed by atoms with E-state index in [1.807, 2.05) is 13.8 Å². The monoisotopic (exact) mass is 292 g/mol. The largest absolute Gasteiger partial charge is 0.393 e. The fourth-order valence-electron chi connectivity index (χ4n) is 2.39. The lowest BCUT2D eigenvalue weighted by Crippen LogP contribution is -2.28. The van der Waals surface area contributed by atoms with Gasteiger partial charge in [-0.1, -0.05) is 6.92 Å². The zero-order valence-corrected chi connectivity index (χ0v) is 12.4. The molecule has 0 aliphatic heterocycles. The van der Waals surface area contributed by atoms with Gasteiger partial charge in [0.2, 0.25) is 5.91 Å². The summed E-state index contributed by atoms with van der Waals surface area (Å²) >= 11 is 0. The zero-order valence-electron chi connectivity index (χ0n) is 12.4. The third-order valence-electron chi connectivity index (χ3n) is 3.69. The number of nitrogens with one attached hydrogen (secondary N) is 2. The molecule has 2 rings (SSSR count). The van der Waals surface area contributed by atoms with Gasteiger partial charge in [-0.05, 0) is 43.5 Å². The van der Waals surface area contributed by atoms with Gasteiger partial charge in [-0.2, -0.15) is 0 Å². The van der Waals surface area contributed by atoms with Gasteiger partial charge < -0.3 is 15.4 Å². The lowest BCUT2D eigenvalue weighted by atomic mass is 10.1. The number of aromatic amines is 1. The van der Waals surface area contributed by atoms with Crippen LogP contribution in [-0.2, 0) is 11.2 Å². The number of H-pyrrole nitrogens is 1. The number of hydrogen-bond acceptors (Lipinski definition) is 2. The molecular weight excluding hydrogens is 271 g/mol. The number of fused-ring (bicyclic) bond motifs is 1. The first-order valence-electron chi connectivity index (χ1n) is 7.22. The number of aliphatic hydroxyl groups excluding tert-OH is 1. The van der Waals surface area contributed by atoms with Crippen LogP contribution in [0.2, 0.25) is 0 Å². The smallest absolute Gasteiger partial charge is 0.224 e. The second kappa shape index (κ2) is 6.72. The van der Waals surface area contributed by atoms with Crippen molar-refractivity contribution >= 4 is 16.8 Å². The zero-order chi connectivity index (χ0) is 15.4. The Bertz CT molecular complexity index is 636. The summed E-state index contributed by atoms with van der Waals surface area (Å²) in [5.41, 5.74) is 2.52. The number of carbonyl (C=O) groups is 1. The number of aliphatic hydroxyl groups is 1. The molecule has 5 heteroatoms. The Kier molecular flexibility index (Phi) is 4.96. The first kappa shape index (κ1) is 15.5. The number of carbonyl (C=O) groups excluding carboxylic acids is 1. The van der Waals surface area contributed by atoms with Gasteiger partial charge in [-0.3, -0.25) is 4.79 Å². The normalized spacial score (nSPS) is 12.6. The van der Waals surface area contributed by atoms with E-state index in [2.05, 4.69) is 10.3 Å². The summed E-state index contributed by atoms with van der Waals surface area (Å²) in [5.74, 6) is -0.430. The molecule has 1 unspecified atom stereocenters. The van der Waals surface area contributed by atoms with Crippen LogP contribution in [0.4, 0.5) is 4.39 Å². The molecule has 0 radical (unpaired) electrons. The molecule has 1 amide bonds. The second-order valence-corrected chi connectivity index (χ2v) is 5.30. The highest BCUT2D eigenvalue weighted by atomic mass is 19.1. The van der Waals surface area contributed by atoms with Crippen LogP contribution >= 0.6 is 0 Å². The fourth-order valence-corrected chi connectivity index (χ4v) is 2.39. The number of amides is 1. The van der Waals surface area contributed by atoms with Crippen molar-refractivity contribution < 1.29 is 14.3 Å². The van der Waals surface area contributed by atoms with E-state index >= 15 is 0 Å². The molecule has 0 saturated carbocycles. The van der Waals surface area contributed by atoms with Crippen molar-refractivity contribution in [1.29, 1.82) is 0 Å². The third-order valence-corrected chi connectivity index (χ3v) is 3.69. The van der Waals surface area contributed by atoms with Crippen LogP contribution in [0.5, 0.6) is 0 Å². The Hall–Kier alpha value is -1.88. The molecule has 1 aromatic heterocycles. The predicted octanol–water partition coefficient (Wildman–Crippen LogP) is 2.44. The van der Waals surface area contributed by atoms with Crippen molar-refractivity contribution in [1.82, 2.24) is 10.3 Å². The lowest BCUT2D eigenvalue weighted by Gasteiger charge is -2.09. The van der Waals surface area contributed by atoms with E-state index in [0.717, 1.165) is 22.2 Å². The summed E-state index contributed by atoms with van der Waals surface area (Å²) in [5, 5.41) is 13.0. The van der Waals surface area contributed by atoms with Crippen LogP contribution in [-0.4, -0.2) is 28.6 Å². The molecule has 0 spiro atoms. The fraction of sp³-hybridized carbons (Fsp3) is 0.438. The molecule has 0 saturated heterocycles. The predicted molar refractivity (Wildman–Crippen MR) is 80.6 cm³/mol. The second-order valence-electron chi connectivity index (χ2n) is 5.30. The van der Waals surface area contributed by atoms with Gasteiger partial charge in [0.15, 0.2) is 0 Å². The van der Waals surface area contributed by atoms with Gasteiger partial charge in [0.25, 0.3) is 0 Å². The Morgan fingerprint density at radius 3 is 2.95 bits per heavy atom. The highest BCUT2D eigenvalue weighted by Gasteiger charge is 2.13. The van der Waals surface area contributed by atoms with Crippen LogP contribution < -0.4 is 5.32 Å². The van der Waals surface area contributed by atoms with Crippen molar-refractivity contribution in [2.45, 2.75) is 39.2 Å². The summed E-state index contributed by atoms with van der Waals surface area (Å²) < 4.78 is 13.4. The van der Waals surface area contributed by atoms with Crippen molar-refractivity contribution in [3.8, 4) is 0 Å². The van der Waals surface area contributed by atoms with E-state index < -0.39 is 0 Å². The lowest BCUT2D eigenvalue weighted by molar-refractivity contribution is -0.120. The maximum absolute atomic E-state index is 13.4. The van der Waals surface area contributed by atoms with E-state index in [0.29, 0.717) is 19.4 Å². The molecule has 114 valence electrons. The summed E-state index contributed by atoms with van der Waals surface area (Å²) in [7, 11) is 0. The number of halogens is 1. The number of hydrogen-bond donors (Lipinski definition) is 3. The first-order chi connectivity index (χ1) is 10.0. The Labute approximate surface area is 123 Å². The molecule has 4 nitrogen and oxygen atoms in total. The van der Waals surface area contributed by atoms with Crippen LogP contribution in [0.3, 0.4) is 0 Å². The summed E-state index contributed by atoms with van der Waals surface area (Å²) in [6.07, 6.45) is 1.05. The molecule has 1 aromatic carbocycles. The van der Waals surface area contributed by atoms with Gasteiger partial charge in [0.1, 0.15) is 5.82 Å². The molecule has 0 aliphatic carbocycles. The minimum Gasteiger partial charge on any atom is -0.393 e. The third kappa shape index (κ3) is 3.82. The van der Waals surface area contributed by atoms with Gasteiger partial charge in [-0.25, -0.2) is 4.39 Å². The van der Waals surface area contributed by atoms with Gasteiger partial charge in [0.05, 0.1) is 12.5 Å². The topological polar surface area (TPSA) is 65.1 Å². The number of benzene rings is 1. The number of rotatable bonds is 6. The number of aromatic nitrogens is 1. The Morgan fingerprint density at radius 1 is 1.48 bits per heavy atom. The SMILES string of the molecule is CCC(O)CCNC(=O)Cc1c(C)[nH]c2ccc(F)cc12. The van der Waals surface area contributed by atoms with Crippen molar-refractivity contribution in [3.05, 3.63) is 35.3 Å². The van der Waals surface area contributed by atoms with Crippen molar-refractivity contribution in [3.63, 3.8) is 0 Å². The van der Waals surface area contributed by atoms with Crippen molar-refractivity contribution in [2.75, 3.05) is 6.54 Å². The summed E-state index contributed by atoms with van der Waals surface area (Å²) in [6.45, 7) is 4.22. The molecule has 0 fully saturated rings. The van der Waals surface area contributed by atoms with E-state index in [4.69, 9.17) is 0 Å². The van der Waals surface area contributed by atoms with E-state index in [1.165, 1.54) is 12.1 Å². The average Bonchev–Trinajstić information content (AvgIpc) is 2.75. The first-order valence-corrected chi connectivity index (χ1v) is 7.22. The molecular formula is C16H21FN2O2. The average molecular weight is 292 g/mol. The molecule has 21 heavy (non-hydrogen) atoms. The van der Waals surface area contributed by atoms with Crippen LogP contribution in [0.1, 0.15) is 31.0 Å². The minimum atomic E-state index is -0.380.